The smallest absolute Gasteiger partial charge is 0.137 e. The molecule has 0 unspecified atom stereocenters. The molecule has 0 aliphatic carbocycles. The lowest BCUT2D eigenvalue weighted by Crippen LogP contribution is -2.39. The van der Waals surface area contributed by atoms with Crippen molar-refractivity contribution in [1.29, 1.82) is 0 Å². The zero-order valence-corrected chi connectivity index (χ0v) is 13.9. The molecule has 1 aromatic heterocycles. The average Bonchev–Trinajstić information content (AvgIpc) is 2.40. The molecule has 112 valence electrons. The number of rotatable bonds is 3. The Morgan fingerprint density at radius 2 is 1.90 bits per heavy atom. The van der Waals surface area contributed by atoms with Gasteiger partial charge in [-0.1, -0.05) is 45.7 Å². The Bertz CT molecular complexity index is 446. The van der Waals surface area contributed by atoms with Gasteiger partial charge in [-0.2, -0.15) is 0 Å². The highest BCUT2D eigenvalue weighted by molar-refractivity contribution is 6.30. The minimum atomic E-state index is 0.404. The van der Waals surface area contributed by atoms with Gasteiger partial charge in [0.25, 0.3) is 0 Å². The number of hydrogen-bond donors (Lipinski definition) is 0. The standard InChI is InChI=1S/C16H26ClN3/c1-5-6-13-14(17)18-11-19-15(13)20-9-7-12(8-10-20)16(2,3)4/h11-12H,5-10H2,1-4H3. The first-order chi connectivity index (χ1) is 9.43. The fourth-order valence-electron chi connectivity index (χ4n) is 3.08. The number of aromatic nitrogens is 2. The van der Waals surface area contributed by atoms with E-state index < -0.39 is 0 Å². The summed E-state index contributed by atoms with van der Waals surface area (Å²) < 4.78 is 0. The largest absolute Gasteiger partial charge is 0.356 e. The number of anilines is 1. The van der Waals surface area contributed by atoms with E-state index in [1.165, 1.54) is 12.8 Å². The van der Waals surface area contributed by atoms with Gasteiger partial charge in [0.1, 0.15) is 17.3 Å². The fourth-order valence-corrected chi connectivity index (χ4v) is 3.30. The van der Waals surface area contributed by atoms with Crippen LogP contribution in [0.15, 0.2) is 6.33 Å². The van der Waals surface area contributed by atoms with E-state index in [-0.39, 0.29) is 0 Å². The first-order valence-electron chi connectivity index (χ1n) is 7.67. The second-order valence-corrected chi connectivity index (χ2v) is 7.20. The van der Waals surface area contributed by atoms with Crippen LogP contribution in [0.2, 0.25) is 5.15 Å². The summed E-state index contributed by atoms with van der Waals surface area (Å²) in [7, 11) is 0. The Morgan fingerprint density at radius 1 is 1.25 bits per heavy atom. The summed E-state index contributed by atoms with van der Waals surface area (Å²) in [6, 6.07) is 0. The third-order valence-electron chi connectivity index (χ3n) is 4.39. The van der Waals surface area contributed by atoms with Gasteiger partial charge in [-0.25, -0.2) is 9.97 Å². The van der Waals surface area contributed by atoms with E-state index in [1.54, 1.807) is 6.33 Å². The molecule has 0 radical (unpaired) electrons. The number of hydrogen-bond acceptors (Lipinski definition) is 3. The van der Waals surface area contributed by atoms with E-state index in [4.69, 9.17) is 11.6 Å². The third-order valence-corrected chi connectivity index (χ3v) is 4.71. The van der Waals surface area contributed by atoms with Crippen molar-refractivity contribution in [1.82, 2.24) is 9.97 Å². The first-order valence-corrected chi connectivity index (χ1v) is 8.05. The Labute approximate surface area is 127 Å². The summed E-state index contributed by atoms with van der Waals surface area (Å²) in [4.78, 5) is 11.0. The molecular weight excluding hydrogens is 270 g/mol. The molecular formula is C16H26ClN3. The molecule has 3 nitrogen and oxygen atoms in total. The van der Waals surface area contributed by atoms with Crippen molar-refractivity contribution in [2.45, 2.75) is 53.4 Å². The Morgan fingerprint density at radius 3 is 2.45 bits per heavy atom. The van der Waals surface area contributed by atoms with Gasteiger partial charge >= 0.3 is 0 Å². The molecule has 1 fully saturated rings. The van der Waals surface area contributed by atoms with Gasteiger partial charge in [-0.15, -0.1) is 0 Å². The van der Waals surface area contributed by atoms with Gasteiger partial charge in [0.2, 0.25) is 0 Å². The van der Waals surface area contributed by atoms with Crippen molar-refractivity contribution in [2.75, 3.05) is 18.0 Å². The molecule has 4 heteroatoms. The van der Waals surface area contributed by atoms with Crippen molar-refractivity contribution in [3.63, 3.8) is 0 Å². The molecule has 0 atom stereocenters. The average molecular weight is 296 g/mol. The Balaban J connectivity index is 2.13. The van der Waals surface area contributed by atoms with Crippen LogP contribution >= 0.6 is 11.6 Å². The van der Waals surface area contributed by atoms with E-state index in [0.717, 1.165) is 43.2 Å². The van der Waals surface area contributed by atoms with Crippen LogP contribution in [0.25, 0.3) is 0 Å². The van der Waals surface area contributed by atoms with Crippen LogP contribution in [0.4, 0.5) is 5.82 Å². The zero-order valence-electron chi connectivity index (χ0n) is 13.1. The van der Waals surface area contributed by atoms with Crippen LogP contribution in [0.1, 0.15) is 52.5 Å². The van der Waals surface area contributed by atoms with Crippen molar-refractivity contribution >= 4 is 17.4 Å². The van der Waals surface area contributed by atoms with Gasteiger partial charge < -0.3 is 4.90 Å². The highest BCUT2D eigenvalue weighted by Crippen LogP contribution is 2.36. The molecule has 1 aliphatic heterocycles. The first kappa shape index (κ1) is 15.6. The quantitative estimate of drug-likeness (QED) is 0.777. The molecule has 0 bridgehead atoms. The van der Waals surface area contributed by atoms with Crippen LogP contribution in [0.3, 0.4) is 0 Å². The maximum Gasteiger partial charge on any atom is 0.137 e. The topological polar surface area (TPSA) is 29.0 Å². The summed E-state index contributed by atoms with van der Waals surface area (Å²) in [6.07, 6.45) is 6.08. The van der Waals surface area contributed by atoms with Crippen molar-refractivity contribution in [3.05, 3.63) is 17.0 Å². The molecule has 2 heterocycles. The predicted molar refractivity (Wildman–Crippen MR) is 85.4 cm³/mol. The van der Waals surface area contributed by atoms with Gasteiger partial charge in [-0.05, 0) is 30.6 Å². The minimum absolute atomic E-state index is 0.404. The van der Waals surface area contributed by atoms with Gasteiger partial charge in [0.15, 0.2) is 0 Å². The van der Waals surface area contributed by atoms with Crippen LogP contribution in [0.5, 0.6) is 0 Å². The van der Waals surface area contributed by atoms with Crippen LogP contribution in [-0.2, 0) is 6.42 Å². The third kappa shape index (κ3) is 3.43. The maximum atomic E-state index is 6.25. The van der Waals surface area contributed by atoms with Crippen molar-refractivity contribution in [2.24, 2.45) is 11.3 Å². The molecule has 0 amide bonds. The summed E-state index contributed by atoms with van der Waals surface area (Å²) in [5, 5.41) is 0.620. The lowest BCUT2D eigenvalue weighted by molar-refractivity contribution is 0.198. The summed E-state index contributed by atoms with van der Waals surface area (Å²) in [5.41, 5.74) is 1.52. The molecule has 0 aromatic carbocycles. The minimum Gasteiger partial charge on any atom is -0.356 e. The van der Waals surface area contributed by atoms with E-state index in [9.17, 15) is 0 Å². The molecule has 0 spiro atoms. The SMILES string of the molecule is CCCc1c(Cl)ncnc1N1CCC(C(C)(C)C)CC1. The van der Waals surface area contributed by atoms with Crippen molar-refractivity contribution in [3.8, 4) is 0 Å². The summed E-state index contributed by atoms with van der Waals surface area (Å²) in [6.45, 7) is 11.4. The van der Waals surface area contributed by atoms with Crippen molar-refractivity contribution < 1.29 is 0 Å². The summed E-state index contributed by atoms with van der Waals surface area (Å²) in [5.74, 6) is 1.85. The Kier molecular flexibility index (Phi) is 4.90. The van der Waals surface area contributed by atoms with E-state index >= 15 is 0 Å². The fraction of sp³-hybridized carbons (Fsp3) is 0.750. The second kappa shape index (κ2) is 6.30. The highest BCUT2D eigenvalue weighted by Gasteiger charge is 2.30. The predicted octanol–water partition coefficient (Wildman–Crippen LogP) is 4.35. The molecule has 2 rings (SSSR count). The van der Waals surface area contributed by atoms with E-state index in [2.05, 4.69) is 42.6 Å². The summed E-state index contributed by atoms with van der Waals surface area (Å²) >= 11 is 6.25. The van der Waals surface area contributed by atoms with E-state index in [0.29, 0.717) is 10.6 Å². The number of nitrogens with zero attached hydrogens (tertiary/aromatic N) is 3. The molecule has 1 saturated heterocycles. The lowest BCUT2D eigenvalue weighted by Gasteiger charge is -2.39. The highest BCUT2D eigenvalue weighted by atomic mass is 35.5. The molecule has 0 N–H and O–H groups in total. The second-order valence-electron chi connectivity index (χ2n) is 6.84. The monoisotopic (exact) mass is 295 g/mol. The molecule has 1 aromatic rings. The Hall–Kier alpha value is -0.830. The molecule has 1 aliphatic rings. The molecule has 20 heavy (non-hydrogen) atoms. The van der Waals surface area contributed by atoms with Gasteiger partial charge in [-0.3, -0.25) is 0 Å². The zero-order chi connectivity index (χ0) is 14.8. The number of piperidine rings is 1. The van der Waals surface area contributed by atoms with Crippen LogP contribution in [-0.4, -0.2) is 23.1 Å². The van der Waals surface area contributed by atoms with Gasteiger partial charge in [0, 0.05) is 18.7 Å². The normalized spacial score (nSPS) is 17.6. The maximum absolute atomic E-state index is 6.25. The molecule has 0 saturated carbocycles. The van der Waals surface area contributed by atoms with Crippen LogP contribution in [0, 0.1) is 11.3 Å². The van der Waals surface area contributed by atoms with Crippen LogP contribution < -0.4 is 4.90 Å². The lowest BCUT2D eigenvalue weighted by atomic mass is 9.75. The van der Waals surface area contributed by atoms with E-state index in [1.807, 2.05) is 0 Å². The van der Waals surface area contributed by atoms with Gasteiger partial charge in [0.05, 0.1) is 0 Å². The number of halogens is 1.